The Labute approximate surface area is 83.4 Å². The van der Waals surface area contributed by atoms with E-state index >= 15 is 0 Å². The Balaban J connectivity index is 2.20. The average molecular weight is 197 g/mol. The van der Waals surface area contributed by atoms with Gasteiger partial charge in [-0.2, -0.15) is 11.8 Å². The van der Waals surface area contributed by atoms with Crippen LogP contribution in [0.25, 0.3) is 0 Å². The maximum atomic E-state index is 8.80. The van der Waals surface area contributed by atoms with Crippen molar-refractivity contribution >= 4 is 11.8 Å². The molecule has 0 aliphatic heterocycles. The highest BCUT2D eigenvalue weighted by Gasteiger charge is 1.99. The molecule has 0 fully saturated rings. The van der Waals surface area contributed by atoms with Crippen molar-refractivity contribution in [1.82, 2.24) is 4.98 Å². The van der Waals surface area contributed by atoms with Gasteiger partial charge in [0, 0.05) is 17.6 Å². The number of thioether (sulfide) groups is 1. The predicted molar refractivity (Wildman–Crippen MR) is 56.9 cm³/mol. The van der Waals surface area contributed by atoms with E-state index in [1.165, 1.54) is 5.56 Å². The fraction of sp³-hybridized carbons (Fsp3) is 0.500. The highest BCUT2D eigenvalue weighted by atomic mass is 32.2. The van der Waals surface area contributed by atoms with E-state index in [1.807, 2.05) is 31.5 Å². The van der Waals surface area contributed by atoms with Gasteiger partial charge in [0.2, 0.25) is 0 Å². The molecular weight excluding hydrogens is 182 g/mol. The Morgan fingerprint density at radius 1 is 1.46 bits per heavy atom. The molecule has 13 heavy (non-hydrogen) atoms. The summed E-state index contributed by atoms with van der Waals surface area (Å²) in [4.78, 5) is 3.96. The first-order chi connectivity index (χ1) is 6.33. The lowest BCUT2D eigenvalue weighted by Crippen LogP contribution is -2.04. The van der Waals surface area contributed by atoms with Crippen LogP contribution in [0.5, 0.6) is 0 Å². The lowest BCUT2D eigenvalue weighted by Gasteiger charge is -2.06. The molecule has 3 heteroatoms. The molecule has 1 rings (SSSR count). The van der Waals surface area contributed by atoms with Crippen molar-refractivity contribution < 1.29 is 5.11 Å². The fourth-order valence-electron chi connectivity index (χ4n) is 0.980. The van der Waals surface area contributed by atoms with E-state index in [0.29, 0.717) is 5.25 Å². The topological polar surface area (TPSA) is 33.1 Å². The number of aromatic nitrogens is 1. The zero-order chi connectivity index (χ0) is 9.52. The number of pyridine rings is 1. The van der Waals surface area contributed by atoms with E-state index in [0.717, 1.165) is 12.2 Å². The minimum absolute atomic E-state index is 0.265. The smallest absolute Gasteiger partial charge is 0.0547 e. The first-order valence-corrected chi connectivity index (χ1v) is 5.49. The van der Waals surface area contributed by atoms with Gasteiger partial charge in [-0.05, 0) is 29.9 Å². The maximum Gasteiger partial charge on any atom is 0.0547 e. The zero-order valence-electron chi connectivity index (χ0n) is 7.81. The Kier molecular flexibility index (Phi) is 4.86. The van der Waals surface area contributed by atoms with Crippen LogP contribution < -0.4 is 0 Å². The molecule has 0 spiro atoms. The van der Waals surface area contributed by atoms with Crippen LogP contribution in [0, 0.1) is 0 Å². The molecule has 0 aliphatic carbocycles. The summed E-state index contributed by atoms with van der Waals surface area (Å²) in [5.41, 5.74) is 1.31. The summed E-state index contributed by atoms with van der Waals surface area (Å²) < 4.78 is 0. The maximum absolute atomic E-state index is 8.80. The van der Waals surface area contributed by atoms with Gasteiger partial charge in [-0.3, -0.25) is 4.98 Å². The van der Waals surface area contributed by atoms with Crippen molar-refractivity contribution in [2.24, 2.45) is 0 Å². The molecule has 1 unspecified atom stereocenters. The van der Waals surface area contributed by atoms with Crippen molar-refractivity contribution in [3.05, 3.63) is 30.1 Å². The summed E-state index contributed by atoms with van der Waals surface area (Å²) in [6.45, 7) is 2.30. The highest BCUT2D eigenvalue weighted by molar-refractivity contribution is 7.99. The highest BCUT2D eigenvalue weighted by Crippen LogP contribution is 2.11. The van der Waals surface area contributed by atoms with Crippen molar-refractivity contribution in [1.29, 1.82) is 0 Å². The van der Waals surface area contributed by atoms with E-state index in [-0.39, 0.29) is 6.61 Å². The molecule has 0 amide bonds. The third-order valence-electron chi connectivity index (χ3n) is 1.80. The zero-order valence-corrected chi connectivity index (χ0v) is 8.63. The van der Waals surface area contributed by atoms with Crippen LogP contribution >= 0.6 is 11.8 Å². The summed E-state index contributed by atoms with van der Waals surface area (Å²) in [5, 5.41) is 9.15. The summed E-state index contributed by atoms with van der Waals surface area (Å²) in [5.74, 6) is 1.06. The summed E-state index contributed by atoms with van der Waals surface area (Å²) in [7, 11) is 0. The first-order valence-electron chi connectivity index (χ1n) is 4.44. The Hall–Kier alpha value is -0.540. The van der Waals surface area contributed by atoms with E-state index < -0.39 is 0 Å². The normalized spacial score (nSPS) is 12.8. The summed E-state index contributed by atoms with van der Waals surface area (Å²) in [6, 6.07) is 4.06. The number of aliphatic hydroxyl groups excluding tert-OH is 1. The van der Waals surface area contributed by atoms with E-state index in [4.69, 9.17) is 5.11 Å². The Morgan fingerprint density at radius 2 is 2.15 bits per heavy atom. The SMILES string of the molecule is CC(CO)SCCc1ccncc1. The molecule has 0 aliphatic rings. The van der Waals surface area contributed by atoms with Crippen LogP contribution in [-0.2, 0) is 6.42 Å². The second-order valence-corrected chi connectivity index (χ2v) is 4.52. The Bertz CT molecular complexity index is 228. The molecule has 1 atom stereocenters. The lowest BCUT2D eigenvalue weighted by molar-refractivity contribution is 0.300. The second-order valence-electron chi connectivity index (χ2n) is 2.97. The number of nitrogens with zero attached hydrogens (tertiary/aromatic N) is 1. The molecule has 0 bridgehead atoms. The van der Waals surface area contributed by atoms with Crippen LogP contribution in [-0.4, -0.2) is 27.7 Å². The van der Waals surface area contributed by atoms with Crippen LogP contribution in [0.3, 0.4) is 0 Å². The molecule has 0 saturated heterocycles. The quantitative estimate of drug-likeness (QED) is 0.780. The number of hydrogen-bond donors (Lipinski definition) is 1. The molecule has 0 saturated carbocycles. The monoisotopic (exact) mass is 197 g/mol. The van der Waals surface area contributed by atoms with Crippen LogP contribution in [0.4, 0.5) is 0 Å². The van der Waals surface area contributed by atoms with Gasteiger partial charge in [0.05, 0.1) is 6.61 Å². The summed E-state index contributed by atoms with van der Waals surface area (Å²) in [6.07, 6.45) is 4.68. The minimum atomic E-state index is 0.265. The first kappa shape index (κ1) is 10.5. The van der Waals surface area contributed by atoms with Gasteiger partial charge in [0.15, 0.2) is 0 Å². The van der Waals surface area contributed by atoms with Gasteiger partial charge < -0.3 is 5.11 Å². The van der Waals surface area contributed by atoms with Crippen LogP contribution in [0.15, 0.2) is 24.5 Å². The van der Waals surface area contributed by atoms with Gasteiger partial charge in [0.1, 0.15) is 0 Å². The van der Waals surface area contributed by atoms with E-state index in [1.54, 1.807) is 11.8 Å². The molecule has 1 N–H and O–H groups in total. The Morgan fingerprint density at radius 3 is 2.77 bits per heavy atom. The van der Waals surface area contributed by atoms with Crippen molar-refractivity contribution in [2.75, 3.05) is 12.4 Å². The lowest BCUT2D eigenvalue weighted by atomic mass is 10.2. The van der Waals surface area contributed by atoms with Crippen molar-refractivity contribution in [3.8, 4) is 0 Å². The number of rotatable bonds is 5. The standard InChI is InChI=1S/C10H15NOS/c1-9(8-12)13-7-4-10-2-5-11-6-3-10/h2-3,5-6,9,12H,4,7-8H2,1H3. The fourth-order valence-corrected chi connectivity index (χ4v) is 1.84. The third-order valence-corrected chi connectivity index (χ3v) is 2.96. The molecule has 1 aromatic heterocycles. The molecule has 1 heterocycles. The second kappa shape index (κ2) is 6.00. The molecule has 0 aromatic carbocycles. The molecule has 1 aromatic rings. The van der Waals surface area contributed by atoms with Gasteiger partial charge in [0.25, 0.3) is 0 Å². The molecule has 0 radical (unpaired) electrons. The predicted octanol–water partition coefficient (Wildman–Crippen LogP) is 1.74. The van der Waals surface area contributed by atoms with Crippen molar-refractivity contribution in [3.63, 3.8) is 0 Å². The van der Waals surface area contributed by atoms with Gasteiger partial charge in [-0.15, -0.1) is 0 Å². The van der Waals surface area contributed by atoms with Crippen LogP contribution in [0.2, 0.25) is 0 Å². The summed E-state index contributed by atoms with van der Waals surface area (Å²) >= 11 is 1.80. The number of aliphatic hydroxyl groups is 1. The van der Waals surface area contributed by atoms with Crippen molar-refractivity contribution in [2.45, 2.75) is 18.6 Å². The van der Waals surface area contributed by atoms with Gasteiger partial charge >= 0.3 is 0 Å². The third kappa shape index (κ3) is 4.29. The molecule has 72 valence electrons. The van der Waals surface area contributed by atoms with Crippen LogP contribution in [0.1, 0.15) is 12.5 Å². The molecular formula is C10H15NOS. The number of hydrogen-bond acceptors (Lipinski definition) is 3. The average Bonchev–Trinajstić information content (AvgIpc) is 2.19. The van der Waals surface area contributed by atoms with E-state index in [9.17, 15) is 0 Å². The van der Waals surface area contributed by atoms with Gasteiger partial charge in [-0.25, -0.2) is 0 Å². The minimum Gasteiger partial charge on any atom is -0.395 e. The number of aryl methyl sites for hydroxylation is 1. The largest absolute Gasteiger partial charge is 0.395 e. The van der Waals surface area contributed by atoms with Gasteiger partial charge in [-0.1, -0.05) is 6.92 Å². The van der Waals surface area contributed by atoms with E-state index in [2.05, 4.69) is 4.98 Å². The molecule has 2 nitrogen and oxygen atoms in total.